The fourth-order valence-corrected chi connectivity index (χ4v) is 3.82. The van der Waals surface area contributed by atoms with E-state index in [2.05, 4.69) is 5.32 Å². The maximum absolute atomic E-state index is 12.1. The molecule has 1 aliphatic rings. The van der Waals surface area contributed by atoms with E-state index in [1.165, 1.54) is 20.8 Å². The molecule has 1 amide bonds. The van der Waals surface area contributed by atoms with Crippen LogP contribution in [0.1, 0.15) is 31.9 Å². The molecule has 1 aliphatic heterocycles. The first-order valence-corrected chi connectivity index (χ1v) is 11.4. The van der Waals surface area contributed by atoms with E-state index >= 15 is 0 Å². The zero-order chi connectivity index (χ0) is 25.2. The van der Waals surface area contributed by atoms with Gasteiger partial charge in [0, 0.05) is 20.8 Å². The van der Waals surface area contributed by atoms with Crippen LogP contribution in [0.3, 0.4) is 0 Å². The third-order valence-electron chi connectivity index (χ3n) is 5.31. The van der Waals surface area contributed by atoms with Crippen LogP contribution in [0.25, 0.3) is 0 Å². The van der Waals surface area contributed by atoms with Crippen molar-refractivity contribution in [2.24, 2.45) is 0 Å². The zero-order valence-corrected chi connectivity index (χ0v) is 20.0. The van der Waals surface area contributed by atoms with Crippen molar-refractivity contribution in [3.8, 4) is 0 Å². The molecule has 5 unspecified atom stereocenters. The molecule has 0 aromatic heterocycles. The summed E-state index contributed by atoms with van der Waals surface area (Å²) in [5.74, 6) is -1.41. The summed E-state index contributed by atoms with van der Waals surface area (Å²) in [6.45, 7) is 4.11. The van der Waals surface area contributed by atoms with E-state index in [1.807, 2.05) is 60.7 Å². The molecule has 3 rings (SSSR count). The monoisotopic (exact) mass is 485 g/mol. The van der Waals surface area contributed by atoms with Gasteiger partial charge in [0.05, 0.1) is 13.2 Å². The van der Waals surface area contributed by atoms with Crippen LogP contribution in [0.2, 0.25) is 0 Å². The van der Waals surface area contributed by atoms with Gasteiger partial charge in [-0.1, -0.05) is 60.7 Å². The fraction of sp³-hybridized carbons (Fsp3) is 0.423. The number of amides is 1. The highest BCUT2D eigenvalue weighted by molar-refractivity contribution is 5.73. The van der Waals surface area contributed by atoms with E-state index < -0.39 is 42.6 Å². The van der Waals surface area contributed by atoms with Crippen molar-refractivity contribution in [3.05, 3.63) is 71.8 Å². The van der Waals surface area contributed by atoms with Crippen molar-refractivity contribution >= 4 is 17.8 Å². The van der Waals surface area contributed by atoms with Crippen LogP contribution in [0.4, 0.5) is 0 Å². The summed E-state index contributed by atoms with van der Waals surface area (Å²) in [5, 5.41) is 2.83. The molecule has 9 heteroatoms. The largest absolute Gasteiger partial charge is 0.463 e. The van der Waals surface area contributed by atoms with Gasteiger partial charge >= 0.3 is 11.9 Å². The van der Waals surface area contributed by atoms with Crippen molar-refractivity contribution < 1.29 is 38.1 Å². The molecule has 9 nitrogen and oxygen atoms in total. The second-order valence-electron chi connectivity index (χ2n) is 8.20. The smallest absolute Gasteiger partial charge is 0.303 e. The first-order chi connectivity index (χ1) is 16.8. The summed E-state index contributed by atoms with van der Waals surface area (Å²) in [7, 11) is 0. The number of hydrogen-bond donors (Lipinski definition) is 1. The van der Waals surface area contributed by atoms with Crippen molar-refractivity contribution in [2.45, 2.75) is 64.6 Å². The van der Waals surface area contributed by atoms with Gasteiger partial charge in [0.25, 0.3) is 0 Å². The second-order valence-corrected chi connectivity index (χ2v) is 8.20. The lowest BCUT2D eigenvalue weighted by molar-refractivity contribution is -0.285. The molecule has 35 heavy (non-hydrogen) atoms. The second kappa shape index (κ2) is 13.0. The average molecular weight is 486 g/mol. The van der Waals surface area contributed by atoms with Gasteiger partial charge in [-0.3, -0.25) is 14.4 Å². The molecular formula is C26H31NO8. The average Bonchev–Trinajstić information content (AvgIpc) is 2.83. The Morgan fingerprint density at radius 3 is 1.89 bits per heavy atom. The van der Waals surface area contributed by atoms with Crippen LogP contribution >= 0.6 is 0 Å². The van der Waals surface area contributed by atoms with Crippen molar-refractivity contribution in [1.29, 1.82) is 0 Å². The quantitative estimate of drug-likeness (QED) is 0.512. The molecule has 1 N–H and O–H groups in total. The molecule has 2 aromatic rings. The summed E-state index contributed by atoms with van der Waals surface area (Å²) in [6, 6.07) is 18.1. The van der Waals surface area contributed by atoms with Gasteiger partial charge in [-0.25, -0.2) is 0 Å². The molecule has 1 heterocycles. The molecule has 0 bridgehead atoms. The number of rotatable bonds is 10. The Balaban J connectivity index is 1.90. The van der Waals surface area contributed by atoms with Crippen LogP contribution in [0, 0.1) is 0 Å². The van der Waals surface area contributed by atoms with Crippen LogP contribution in [-0.4, -0.2) is 55.1 Å². The Kier molecular flexibility index (Phi) is 9.77. The lowest BCUT2D eigenvalue weighted by Gasteiger charge is -2.45. The van der Waals surface area contributed by atoms with Gasteiger partial charge in [-0.2, -0.15) is 0 Å². The molecule has 0 aliphatic carbocycles. The standard InChI is InChI=1S/C26H31NO8/c1-17(28)27-23-25(32-14-20-10-6-4-7-11-20)24(34-19(3)30)22(16-31-18(2)29)35-26(23)33-15-21-12-8-5-9-13-21/h4-13,22-26H,14-16H2,1-3H3,(H,27,28). The summed E-state index contributed by atoms with van der Waals surface area (Å²) in [6.07, 6.45) is -3.66. The minimum Gasteiger partial charge on any atom is -0.463 e. The molecule has 1 saturated heterocycles. The minimum atomic E-state index is -0.969. The van der Waals surface area contributed by atoms with E-state index in [9.17, 15) is 14.4 Å². The van der Waals surface area contributed by atoms with Crippen LogP contribution in [0.15, 0.2) is 60.7 Å². The van der Waals surface area contributed by atoms with Gasteiger partial charge < -0.3 is 29.0 Å². The summed E-state index contributed by atoms with van der Waals surface area (Å²) in [5.41, 5.74) is 1.79. The number of benzene rings is 2. The topological polar surface area (TPSA) is 109 Å². The Hall–Kier alpha value is -3.27. The van der Waals surface area contributed by atoms with E-state index in [-0.39, 0.29) is 25.7 Å². The highest BCUT2D eigenvalue weighted by atomic mass is 16.7. The summed E-state index contributed by atoms with van der Waals surface area (Å²) < 4.78 is 29.1. The summed E-state index contributed by atoms with van der Waals surface area (Å²) in [4.78, 5) is 35.6. The Morgan fingerprint density at radius 1 is 0.800 bits per heavy atom. The molecular weight excluding hydrogens is 454 g/mol. The number of carbonyl (C=O) groups is 3. The first-order valence-electron chi connectivity index (χ1n) is 11.4. The van der Waals surface area contributed by atoms with Gasteiger partial charge in [0.1, 0.15) is 24.9 Å². The van der Waals surface area contributed by atoms with Gasteiger partial charge in [-0.15, -0.1) is 0 Å². The Labute approximate surface area is 204 Å². The molecule has 5 atom stereocenters. The highest BCUT2D eigenvalue weighted by Crippen LogP contribution is 2.29. The zero-order valence-electron chi connectivity index (χ0n) is 20.0. The minimum absolute atomic E-state index is 0.184. The molecule has 1 fully saturated rings. The van der Waals surface area contributed by atoms with Gasteiger partial charge in [-0.05, 0) is 11.1 Å². The molecule has 0 saturated carbocycles. The number of nitrogens with one attached hydrogen (secondary N) is 1. The Morgan fingerprint density at radius 2 is 1.37 bits per heavy atom. The molecule has 0 radical (unpaired) electrons. The SMILES string of the molecule is CC(=O)NC1C(OCc2ccccc2)OC(COC(C)=O)C(OC(C)=O)C1OCc1ccccc1. The van der Waals surface area contributed by atoms with E-state index in [1.54, 1.807) is 0 Å². The van der Waals surface area contributed by atoms with Gasteiger partial charge in [0.2, 0.25) is 5.91 Å². The predicted octanol–water partition coefficient (Wildman–Crippen LogP) is 2.51. The molecule has 2 aromatic carbocycles. The number of carbonyl (C=O) groups excluding carboxylic acids is 3. The van der Waals surface area contributed by atoms with Crippen molar-refractivity contribution in [3.63, 3.8) is 0 Å². The number of hydrogen-bond acceptors (Lipinski definition) is 8. The number of esters is 2. The summed E-state index contributed by atoms with van der Waals surface area (Å²) >= 11 is 0. The van der Waals surface area contributed by atoms with Crippen molar-refractivity contribution in [2.75, 3.05) is 6.61 Å². The fourth-order valence-electron chi connectivity index (χ4n) is 3.82. The van der Waals surface area contributed by atoms with E-state index in [4.69, 9.17) is 23.7 Å². The number of ether oxygens (including phenoxy) is 5. The first kappa shape index (κ1) is 26.3. The third-order valence-corrected chi connectivity index (χ3v) is 5.31. The van der Waals surface area contributed by atoms with E-state index in [0.29, 0.717) is 0 Å². The predicted molar refractivity (Wildman–Crippen MR) is 125 cm³/mol. The van der Waals surface area contributed by atoms with Crippen molar-refractivity contribution in [1.82, 2.24) is 5.32 Å². The lowest BCUT2D eigenvalue weighted by atomic mass is 9.96. The van der Waals surface area contributed by atoms with Crippen LogP contribution < -0.4 is 5.32 Å². The Bertz CT molecular complexity index is 968. The van der Waals surface area contributed by atoms with Crippen LogP contribution in [0.5, 0.6) is 0 Å². The van der Waals surface area contributed by atoms with Gasteiger partial charge in [0.15, 0.2) is 12.4 Å². The maximum Gasteiger partial charge on any atom is 0.303 e. The normalized spacial score (nSPS) is 23.8. The lowest BCUT2D eigenvalue weighted by Crippen LogP contribution is -2.66. The van der Waals surface area contributed by atoms with E-state index in [0.717, 1.165) is 11.1 Å². The van der Waals surface area contributed by atoms with Crippen LogP contribution in [-0.2, 0) is 51.3 Å². The molecule has 188 valence electrons. The highest BCUT2D eigenvalue weighted by Gasteiger charge is 2.50. The maximum atomic E-state index is 12.1. The molecule has 0 spiro atoms. The third kappa shape index (κ3) is 8.17.